The van der Waals surface area contributed by atoms with Crippen molar-refractivity contribution >= 4 is 0 Å². The number of benzene rings is 1. The van der Waals surface area contributed by atoms with Crippen LogP contribution in [0.25, 0.3) is 0 Å². The molecule has 1 saturated heterocycles. The lowest BCUT2D eigenvalue weighted by molar-refractivity contribution is 0.128. The monoisotopic (exact) mass is 313 g/mol. The fraction of sp³-hybridized carbons (Fsp3) is 0.556. The summed E-state index contributed by atoms with van der Waals surface area (Å²) in [5.74, 6) is 1.06. The zero-order chi connectivity index (χ0) is 16.1. The van der Waals surface area contributed by atoms with Crippen LogP contribution in [0.4, 0.5) is 0 Å². The third kappa shape index (κ3) is 4.18. The first-order valence-corrected chi connectivity index (χ1v) is 8.67. The van der Waals surface area contributed by atoms with Crippen molar-refractivity contribution in [3.8, 4) is 0 Å². The maximum atomic E-state index is 4.48. The Hall–Kier alpha value is -1.72. The molecule has 1 aliphatic heterocycles. The maximum absolute atomic E-state index is 4.48. The van der Waals surface area contributed by atoms with E-state index in [-0.39, 0.29) is 0 Å². The van der Waals surface area contributed by atoms with Gasteiger partial charge in [0.15, 0.2) is 0 Å². The topological polar surface area (TPSA) is 37.2 Å². The summed E-state index contributed by atoms with van der Waals surface area (Å²) in [7, 11) is 0. The first kappa shape index (κ1) is 16.1. The number of rotatable bonds is 6. The molecule has 0 spiro atoms. The van der Waals surface area contributed by atoms with Gasteiger partial charge in [0.1, 0.15) is 12.2 Å². The molecule has 23 heavy (non-hydrogen) atoms. The molecule has 124 valence electrons. The van der Waals surface area contributed by atoms with E-state index < -0.39 is 0 Å². The van der Waals surface area contributed by atoms with Crippen LogP contribution in [0.5, 0.6) is 0 Å². The van der Waals surface area contributed by atoms with E-state index in [1.165, 1.54) is 11.1 Å². The first-order valence-electron chi connectivity index (χ1n) is 8.67. The first-order chi connectivity index (χ1) is 11.3. The molecular formula is C18H27N5. The van der Waals surface area contributed by atoms with Gasteiger partial charge in [-0.2, -0.15) is 5.10 Å². The molecule has 5 heteroatoms. The van der Waals surface area contributed by atoms with Crippen LogP contribution in [0.2, 0.25) is 0 Å². The van der Waals surface area contributed by atoms with Crippen LogP contribution >= 0.6 is 0 Å². The van der Waals surface area contributed by atoms with Crippen LogP contribution in [-0.2, 0) is 19.5 Å². The second-order valence-electron chi connectivity index (χ2n) is 6.21. The van der Waals surface area contributed by atoms with Gasteiger partial charge in [-0.1, -0.05) is 38.1 Å². The number of piperazine rings is 1. The summed E-state index contributed by atoms with van der Waals surface area (Å²) in [5.41, 5.74) is 2.66. The average Bonchev–Trinajstić information content (AvgIpc) is 3.03. The van der Waals surface area contributed by atoms with E-state index in [9.17, 15) is 0 Å². The van der Waals surface area contributed by atoms with Crippen molar-refractivity contribution in [3.05, 3.63) is 47.5 Å². The Labute approximate surface area is 138 Å². The highest BCUT2D eigenvalue weighted by molar-refractivity contribution is 5.22. The van der Waals surface area contributed by atoms with E-state index in [2.05, 4.69) is 58.0 Å². The molecule has 0 N–H and O–H groups in total. The highest BCUT2D eigenvalue weighted by Gasteiger charge is 2.17. The molecule has 3 rings (SSSR count). The molecular weight excluding hydrogens is 286 g/mol. The van der Waals surface area contributed by atoms with Gasteiger partial charge in [0, 0.05) is 26.2 Å². The molecule has 1 aliphatic rings. The van der Waals surface area contributed by atoms with Gasteiger partial charge in [-0.25, -0.2) is 9.67 Å². The summed E-state index contributed by atoms with van der Waals surface area (Å²) in [6, 6.07) is 8.81. The largest absolute Gasteiger partial charge is 0.301 e. The van der Waals surface area contributed by atoms with E-state index in [0.717, 1.165) is 58.1 Å². The summed E-state index contributed by atoms with van der Waals surface area (Å²) < 4.78 is 2.03. The predicted molar refractivity (Wildman–Crippen MR) is 92.3 cm³/mol. The van der Waals surface area contributed by atoms with Crippen LogP contribution < -0.4 is 0 Å². The molecule has 0 atom stereocenters. The van der Waals surface area contributed by atoms with E-state index in [4.69, 9.17) is 0 Å². The summed E-state index contributed by atoms with van der Waals surface area (Å²) >= 11 is 0. The quantitative estimate of drug-likeness (QED) is 0.818. The lowest BCUT2D eigenvalue weighted by atomic mass is 10.1. The summed E-state index contributed by atoms with van der Waals surface area (Å²) in [4.78, 5) is 9.45. The second kappa shape index (κ2) is 7.70. The van der Waals surface area contributed by atoms with Crippen LogP contribution in [0.3, 0.4) is 0 Å². The Balaban J connectivity index is 1.60. The lowest BCUT2D eigenvalue weighted by Gasteiger charge is -2.33. The molecule has 1 aromatic carbocycles. The van der Waals surface area contributed by atoms with Gasteiger partial charge in [0.05, 0.1) is 13.1 Å². The molecule has 0 aliphatic carbocycles. The third-order valence-corrected chi connectivity index (χ3v) is 4.74. The minimum atomic E-state index is 0.800. The van der Waals surface area contributed by atoms with Gasteiger partial charge >= 0.3 is 0 Å². The smallest absolute Gasteiger partial charge is 0.141 e. The molecule has 0 unspecified atom stereocenters. The zero-order valence-electron chi connectivity index (χ0n) is 14.3. The van der Waals surface area contributed by atoms with Gasteiger partial charge in [0.25, 0.3) is 0 Å². The SMILES string of the molecule is CCc1ccc(Cn2ncnc2CN2CCN(CC)CC2)cc1. The van der Waals surface area contributed by atoms with E-state index >= 15 is 0 Å². The molecule has 0 saturated carbocycles. The molecule has 0 bridgehead atoms. The van der Waals surface area contributed by atoms with Crippen LogP contribution in [0, 0.1) is 0 Å². The van der Waals surface area contributed by atoms with Crippen molar-refractivity contribution in [1.29, 1.82) is 0 Å². The van der Waals surface area contributed by atoms with Gasteiger partial charge < -0.3 is 4.90 Å². The highest BCUT2D eigenvalue weighted by atomic mass is 15.4. The molecule has 1 aromatic heterocycles. The van der Waals surface area contributed by atoms with E-state index in [0.29, 0.717) is 0 Å². The number of likely N-dealkylation sites (N-methyl/N-ethyl adjacent to an activating group) is 1. The van der Waals surface area contributed by atoms with Crippen LogP contribution in [0.1, 0.15) is 30.8 Å². The van der Waals surface area contributed by atoms with Crippen LogP contribution in [-0.4, -0.2) is 57.3 Å². The lowest BCUT2D eigenvalue weighted by Crippen LogP contribution is -2.45. The summed E-state index contributed by atoms with van der Waals surface area (Å²) in [5, 5.41) is 4.42. The van der Waals surface area contributed by atoms with Crippen molar-refractivity contribution in [1.82, 2.24) is 24.6 Å². The van der Waals surface area contributed by atoms with Crippen molar-refractivity contribution in [3.63, 3.8) is 0 Å². The molecule has 5 nitrogen and oxygen atoms in total. The minimum Gasteiger partial charge on any atom is -0.301 e. The van der Waals surface area contributed by atoms with Gasteiger partial charge in [0.2, 0.25) is 0 Å². The maximum Gasteiger partial charge on any atom is 0.141 e. The molecule has 0 radical (unpaired) electrons. The molecule has 2 aromatic rings. The Morgan fingerprint density at radius 2 is 1.52 bits per heavy atom. The summed E-state index contributed by atoms with van der Waals surface area (Å²) in [6.07, 6.45) is 2.76. The highest BCUT2D eigenvalue weighted by Crippen LogP contribution is 2.10. The number of hydrogen-bond donors (Lipinski definition) is 0. The van der Waals surface area contributed by atoms with Gasteiger partial charge in [-0.3, -0.25) is 4.90 Å². The van der Waals surface area contributed by atoms with Crippen LogP contribution in [0.15, 0.2) is 30.6 Å². The van der Waals surface area contributed by atoms with Crippen molar-refractivity contribution in [2.24, 2.45) is 0 Å². The Morgan fingerprint density at radius 1 is 0.870 bits per heavy atom. The van der Waals surface area contributed by atoms with Crippen molar-refractivity contribution in [2.75, 3.05) is 32.7 Å². The number of hydrogen-bond acceptors (Lipinski definition) is 4. The van der Waals surface area contributed by atoms with E-state index in [1.54, 1.807) is 6.33 Å². The molecule has 0 amide bonds. The minimum absolute atomic E-state index is 0.800. The standard InChI is InChI=1S/C18H27N5/c1-3-16-5-7-17(8-6-16)13-23-18(19-15-20-23)14-22-11-9-21(4-2)10-12-22/h5-8,15H,3-4,9-14H2,1-2H3. The van der Waals surface area contributed by atoms with Gasteiger partial charge in [-0.15, -0.1) is 0 Å². The number of nitrogens with zero attached hydrogens (tertiary/aromatic N) is 5. The second-order valence-corrected chi connectivity index (χ2v) is 6.21. The number of aromatic nitrogens is 3. The van der Waals surface area contributed by atoms with E-state index in [1.807, 2.05) is 4.68 Å². The number of aryl methyl sites for hydroxylation is 1. The third-order valence-electron chi connectivity index (χ3n) is 4.74. The van der Waals surface area contributed by atoms with Gasteiger partial charge in [-0.05, 0) is 24.1 Å². The fourth-order valence-corrected chi connectivity index (χ4v) is 3.06. The summed E-state index contributed by atoms with van der Waals surface area (Å²) in [6.45, 7) is 11.8. The zero-order valence-corrected chi connectivity index (χ0v) is 14.3. The Kier molecular flexibility index (Phi) is 5.41. The Bertz CT molecular complexity index is 596. The predicted octanol–water partition coefficient (Wildman–Crippen LogP) is 2.03. The molecule has 1 fully saturated rings. The average molecular weight is 313 g/mol. The van der Waals surface area contributed by atoms with Crippen molar-refractivity contribution in [2.45, 2.75) is 33.4 Å². The normalized spacial score (nSPS) is 16.8. The Morgan fingerprint density at radius 3 is 2.17 bits per heavy atom. The van der Waals surface area contributed by atoms with Crippen molar-refractivity contribution < 1.29 is 0 Å². The fourth-order valence-electron chi connectivity index (χ4n) is 3.06. The molecule has 2 heterocycles.